The fraction of sp³-hybridized carbons (Fsp3) is 0.321. The van der Waals surface area contributed by atoms with Crippen molar-refractivity contribution in [2.24, 2.45) is 0 Å². The van der Waals surface area contributed by atoms with E-state index in [4.69, 9.17) is 4.74 Å². The number of ether oxygens (including phenoxy) is 1. The second kappa shape index (κ2) is 14.2. The third-order valence-electron chi connectivity index (χ3n) is 5.94. The molecule has 4 heteroatoms. The van der Waals surface area contributed by atoms with E-state index in [9.17, 15) is 4.79 Å². The van der Waals surface area contributed by atoms with Gasteiger partial charge in [-0.1, -0.05) is 73.9 Å². The quantitative estimate of drug-likeness (QED) is 0.212. The van der Waals surface area contributed by atoms with E-state index in [0.29, 0.717) is 6.42 Å². The van der Waals surface area contributed by atoms with Crippen molar-refractivity contribution in [2.75, 3.05) is 13.3 Å². The lowest BCUT2D eigenvalue weighted by molar-refractivity contribution is -0.140. The second-order valence-electron chi connectivity index (χ2n) is 7.99. The Hall–Kier alpha value is -1.96. The summed E-state index contributed by atoms with van der Waals surface area (Å²) in [6.07, 6.45) is 8.61. The molecule has 0 radical (unpaired) electrons. The van der Waals surface area contributed by atoms with Crippen LogP contribution in [-0.2, 0) is 9.53 Å². The Bertz CT molecular complexity index is 804. The summed E-state index contributed by atoms with van der Waals surface area (Å²) in [6.45, 7) is 0. The topological polar surface area (TPSA) is 26.3 Å². The van der Waals surface area contributed by atoms with Gasteiger partial charge in [-0.3, -0.25) is 4.79 Å². The normalized spacial score (nSPS) is 10.9. The molecule has 0 N–H and O–H groups in total. The first-order chi connectivity index (χ1) is 15.3. The number of carbonyl (C=O) groups excluding carboxylic acids is 1. The lowest BCUT2D eigenvalue weighted by Gasteiger charge is -2.27. The molecule has 3 aromatic rings. The summed E-state index contributed by atoms with van der Waals surface area (Å²) in [4.78, 5) is 11.2. The van der Waals surface area contributed by atoms with E-state index in [1.165, 1.54) is 54.9 Å². The molecule has 0 atom stereocenters. The maximum atomic E-state index is 11.2. The first kappa shape index (κ1) is 26.3. The first-order valence-corrected chi connectivity index (χ1v) is 13.4. The molecular formula is C28H34BrO2P. The number of hydrogen-bond donors (Lipinski definition) is 0. The van der Waals surface area contributed by atoms with Crippen LogP contribution in [0, 0.1) is 0 Å². The highest BCUT2D eigenvalue weighted by molar-refractivity contribution is 7.95. The summed E-state index contributed by atoms with van der Waals surface area (Å²) in [5.74, 6) is -0.0943. The fourth-order valence-electron chi connectivity index (χ4n) is 4.31. The van der Waals surface area contributed by atoms with Crippen molar-refractivity contribution in [3.8, 4) is 0 Å². The summed E-state index contributed by atoms with van der Waals surface area (Å²) in [6, 6.07) is 33.3. The lowest BCUT2D eigenvalue weighted by Crippen LogP contribution is -3.00. The van der Waals surface area contributed by atoms with Crippen LogP contribution >= 0.6 is 7.26 Å². The van der Waals surface area contributed by atoms with Gasteiger partial charge < -0.3 is 21.7 Å². The minimum Gasteiger partial charge on any atom is -1.00 e. The molecule has 3 rings (SSSR count). The number of benzene rings is 3. The molecule has 0 bridgehead atoms. The van der Waals surface area contributed by atoms with Gasteiger partial charge in [-0.25, -0.2) is 0 Å². The largest absolute Gasteiger partial charge is 1.00 e. The molecule has 0 aliphatic carbocycles. The van der Waals surface area contributed by atoms with Crippen molar-refractivity contribution < 1.29 is 26.5 Å². The molecule has 0 spiro atoms. The van der Waals surface area contributed by atoms with Gasteiger partial charge in [0.25, 0.3) is 0 Å². The number of esters is 1. The molecule has 0 saturated heterocycles. The Kier molecular flexibility index (Phi) is 11.7. The first-order valence-electron chi connectivity index (χ1n) is 11.4. The van der Waals surface area contributed by atoms with Gasteiger partial charge in [-0.15, -0.1) is 0 Å². The molecule has 0 aliphatic rings. The van der Waals surface area contributed by atoms with E-state index in [2.05, 4.69) is 91.0 Å². The predicted molar refractivity (Wildman–Crippen MR) is 134 cm³/mol. The molecule has 0 aliphatic heterocycles. The molecule has 32 heavy (non-hydrogen) atoms. The second-order valence-corrected chi connectivity index (χ2v) is 11.6. The highest BCUT2D eigenvalue weighted by Crippen LogP contribution is 2.55. The zero-order valence-corrected chi connectivity index (χ0v) is 21.4. The summed E-state index contributed by atoms with van der Waals surface area (Å²) in [7, 11) is -0.231. The molecule has 0 aromatic heterocycles. The van der Waals surface area contributed by atoms with Crippen LogP contribution in [-0.4, -0.2) is 19.2 Å². The van der Waals surface area contributed by atoms with Crippen LogP contribution < -0.4 is 32.9 Å². The molecule has 0 saturated carbocycles. The standard InChI is InChI=1S/C28H34O2P.BrH/c1-30-28(29)23-15-4-2-3-5-16-24-31(25-17-9-6-10-18-25,26-19-11-7-12-20-26)27-21-13-8-14-22-27;/h6-14,17-22H,2-5,15-16,23-24H2,1H3;1H/q+1;/p-1. The Morgan fingerprint density at radius 1 is 0.625 bits per heavy atom. The van der Waals surface area contributed by atoms with E-state index in [1.54, 1.807) is 0 Å². The Labute approximate surface area is 204 Å². The van der Waals surface area contributed by atoms with Crippen LogP contribution in [0.5, 0.6) is 0 Å². The van der Waals surface area contributed by atoms with Crippen molar-refractivity contribution in [1.29, 1.82) is 0 Å². The highest BCUT2D eigenvalue weighted by atomic mass is 79.9. The summed E-state index contributed by atoms with van der Waals surface area (Å²) < 4.78 is 4.72. The molecule has 0 amide bonds. The summed E-state index contributed by atoms with van der Waals surface area (Å²) >= 11 is 0. The van der Waals surface area contributed by atoms with Gasteiger partial charge in [-0.2, -0.15) is 0 Å². The predicted octanol–water partition coefficient (Wildman–Crippen LogP) is 2.89. The third-order valence-corrected chi connectivity index (χ3v) is 10.5. The SMILES string of the molecule is COC(=O)CCCCCCCC[P+](c1ccccc1)(c1ccccc1)c1ccccc1.[Br-]. The zero-order chi connectivity index (χ0) is 21.8. The van der Waals surface area contributed by atoms with E-state index in [1.807, 2.05) is 0 Å². The van der Waals surface area contributed by atoms with Crippen LogP contribution in [0.4, 0.5) is 0 Å². The van der Waals surface area contributed by atoms with Gasteiger partial charge >= 0.3 is 5.97 Å². The van der Waals surface area contributed by atoms with E-state index < -0.39 is 7.26 Å². The summed E-state index contributed by atoms with van der Waals surface area (Å²) in [5.41, 5.74) is 0. The van der Waals surface area contributed by atoms with Gasteiger partial charge in [0.05, 0.1) is 13.3 Å². The van der Waals surface area contributed by atoms with Crippen LogP contribution in [0.3, 0.4) is 0 Å². The van der Waals surface area contributed by atoms with Crippen LogP contribution in [0.2, 0.25) is 0 Å². The van der Waals surface area contributed by atoms with Crippen molar-refractivity contribution >= 4 is 29.1 Å². The Morgan fingerprint density at radius 3 is 1.41 bits per heavy atom. The maximum absolute atomic E-state index is 11.2. The maximum Gasteiger partial charge on any atom is 0.305 e. The van der Waals surface area contributed by atoms with Crippen LogP contribution in [0.1, 0.15) is 44.9 Å². The molecule has 2 nitrogen and oxygen atoms in total. The van der Waals surface area contributed by atoms with Gasteiger partial charge in [0.15, 0.2) is 0 Å². The number of halogens is 1. The third kappa shape index (κ3) is 7.02. The van der Waals surface area contributed by atoms with Crippen molar-refractivity contribution in [1.82, 2.24) is 0 Å². The van der Waals surface area contributed by atoms with Gasteiger partial charge in [0, 0.05) is 6.42 Å². The molecule has 0 fully saturated rings. The van der Waals surface area contributed by atoms with Crippen LogP contribution in [0.15, 0.2) is 91.0 Å². The Morgan fingerprint density at radius 2 is 1.00 bits per heavy atom. The number of unbranched alkanes of at least 4 members (excludes halogenated alkanes) is 5. The van der Waals surface area contributed by atoms with Crippen LogP contribution in [0.25, 0.3) is 0 Å². The number of methoxy groups -OCH3 is 1. The minimum absolute atomic E-state index is 0. The fourth-order valence-corrected chi connectivity index (χ4v) is 8.72. The molecule has 3 aromatic carbocycles. The average Bonchev–Trinajstić information content (AvgIpc) is 2.85. The lowest BCUT2D eigenvalue weighted by atomic mass is 10.1. The molecule has 170 valence electrons. The number of carbonyl (C=O) groups is 1. The van der Waals surface area contributed by atoms with Gasteiger partial charge in [-0.05, 0) is 55.7 Å². The summed E-state index contributed by atoms with van der Waals surface area (Å²) in [5, 5.41) is 4.39. The van der Waals surface area contributed by atoms with Crippen molar-refractivity contribution in [3.63, 3.8) is 0 Å². The van der Waals surface area contributed by atoms with Crippen molar-refractivity contribution in [3.05, 3.63) is 91.0 Å². The van der Waals surface area contributed by atoms with E-state index in [0.717, 1.165) is 12.8 Å². The monoisotopic (exact) mass is 512 g/mol. The molecular weight excluding hydrogens is 479 g/mol. The molecule has 0 unspecified atom stereocenters. The van der Waals surface area contributed by atoms with Gasteiger partial charge in [0.1, 0.15) is 23.2 Å². The number of rotatable bonds is 12. The zero-order valence-electron chi connectivity index (χ0n) is 19.0. The Balaban J connectivity index is 0.00000363. The smallest absolute Gasteiger partial charge is 0.305 e. The van der Waals surface area contributed by atoms with Gasteiger partial charge in [0.2, 0.25) is 0 Å². The van der Waals surface area contributed by atoms with E-state index in [-0.39, 0.29) is 23.0 Å². The highest BCUT2D eigenvalue weighted by Gasteiger charge is 2.44. The average molecular weight is 513 g/mol. The van der Waals surface area contributed by atoms with Crippen molar-refractivity contribution in [2.45, 2.75) is 44.9 Å². The number of hydrogen-bond acceptors (Lipinski definition) is 2. The minimum atomic E-state index is -1.69. The molecule has 0 heterocycles. The van der Waals surface area contributed by atoms with E-state index >= 15 is 0 Å².